The Hall–Kier alpha value is -3.11. The Morgan fingerprint density at radius 3 is 2.67 bits per heavy atom. The van der Waals surface area contributed by atoms with Gasteiger partial charge in [-0.3, -0.25) is 4.98 Å². The summed E-state index contributed by atoms with van der Waals surface area (Å²) in [5.74, 6) is 1.91. The van der Waals surface area contributed by atoms with Gasteiger partial charge in [0.05, 0.1) is 12.0 Å². The molecule has 2 aromatic heterocycles. The number of rotatable bonds is 9. The van der Waals surface area contributed by atoms with E-state index in [1.165, 1.54) is 11.1 Å². The minimum absolute atomic E-state index is 0.0154. The molecule has 0 aliphatic heterocycles. The van der Waals surface area contributed by atoms with Crippen molar-refractivity contribution in [2.24, 2.45) is 5.73 Å². The molecule has 2 heterocycles. The molecule has 4 heteroatoms. The zero-order chi connectivity index (χ0) is 20.8. The van der Waals surface area contributed by atoms with Crippen LogP contribution in [0, 0.1) is 6.92 Å². The molecule has 0 aliphatic carbocycles. The summed E-state index contributed by atoms with van der Waals surface area (Å²) in [6, 6.07) is 20.5. The molecule has 2 aromatic carbocycles. The zero-order valence-electron chi connectivity index (χ0n) is 17.4. The highest BCUT2D eigenvalue weighted by Gasteiger charge is 2.15. The number of aromatic nitrogens is 1. The summed E-state index contributed by atoms with van der Waals surface area (Å²) in [6.07, 6.45) is 7.17. The molecule has 0 saturated heterocycles. The molecule has 2 N–H and O–H groups in total. The van der Waals surface area contributed by atoms with Crippen LogP contribution in [-0.4, -0.2) is 11.6 Å². The molecule has 0 aliphatic rings. The second-order valence-corrected chi connectivity index (χ2v) is 7.65. The van der Waals surface area contributed by atoms with Crippen molar-refractivity contribution in [3.63, 3.8) is 0 Å². The third-order valence-electron chi connectivity index (χ3n) is 5.53. The number of aryl methyl sites for hydroxylation is 3. The quantitative estimate of drug-likeness (QED) is 0.362. The van der Waals surface area contributed by atoms with E-state index < -0.39 is 0 Å². The maximum atomic E-state index is 6.26. The lowest BCUT2D eigenvalue weighted by molar-refractivity contribution is 0.305. The normalized spacial score (nSPS) is 12.2. The molecule has 4 aromatic rings. The number of hydrogen-bond donors (Lipinski definition) is 1. The van der Waals surface area contributed by atoms with Gasteiger partial charge in [-0.15, -0.1) is 0 Å². The SMILES string of the molecule is Cc1c(CCc2ccccc2)oc2cccc(OCCCC(N)c3cccnc3)c12. The molecule has 4 rings (SSSR count). The first-order valence-electron chi connectivity index (χ1n) is 10.6. The second kappa shape index (κ2) is 9.59. The van der Waals surface area contributed by atoms with E-state index in [0.717, 1.165) is 53.7 Å². The van der Waals surface area contributed by atoms with Crippen LogP contribution in [0.4, 0.5) is 0 Å². The zero-order valence-corrected chi connectivity index (χ0v) is 17.4. The number of hydrogen-bond acceptors (Lipinski definition) is 4. The number of nitrogens with two attached hydrogens (primary N) is 1. The van der Waals surface area contributed by atoms with Crippen molar-refractivity contribution < 1.29 is 9.15 Å². The van der Waals surface area contributed by atoms with Crippen molar-refractivity contribution in [2.75, 3.05) is 6.61 Å². The average Bonchev–Trinajstić information content (AvgIpc) is 3.12. The van der Waals surface area contributed by atoms with Crippen LogP contribution in [0.2, 0.25) is 0 Å². The molecule has 0 amide bonds. The number of benzene rings is 2. The van der Waals surface area contributed by atoms with Gasteiger partial charge >= 0.3 is 0 Å². The fraction of sp³-hybridized carbons (Fsp3) is 0.269. The van der Waals surface area contributed by atoms with Gasteiger partial charge in [-0.25, -0.2) is 0 Å². The Morgan fingerprint density at radius 1 is 1.00 bits per heavy atom. The van der Waals surface area contributed by atoms with E-state index in [9.17, 15) is 0 Å². The van der Waals surface area contributed by atoms with Crippen molar-refractivity contribution in [3.05, 3.63) is 95.5 Å². The fourth-order valence-corrected chi connectivity index (χ4v) is 3.82. The molecule has 1 atom stereocenters. The van der Waals surface area contributed by atoms with Gasteiger partial charge in [0.2, 0.25) is 0 Å². The topological polar surface area (TPSA) is 61.3 Å². The third-order valence-corrected chi connectivity index (χ3v) is 5.53. The average molecular weight is 401 g/mol. The largest absolute Gasteiger partial charge is 0.493 e. The van der Waals surface area contributed by atoms with E-state index in [2.05, 4.69) is 36.2 Å². The monoisotopic (exact) mass is 400 g/mol. The number of fused-ring (bicyclic) bond motifs is 1. The van der Waals surface area contributed by atoms with Crippen LogP contribution in [0.15, 0.2) is 77.5 Å². The van der Waals surface area contributed by atoms with Gasteiger partial charge in [-0.1, -0.05) is 42.5 Å². The van der Waals surface area contributed by atoms with Crippen LogP contribution in [0.1, 0.15) is 41.3 Å². The molecule has 0 saturated carbocycles. The van der Waals surface area contributed by atoms with E-state index in [0.29, 0.717) is 6.61 Å². The molecule has 0 fully saturated rings. The summed E-state index contributed by atoms with van der Waals surface area (Å²) in [7, 11) is 0. The Bertz CT molecular complexity index is 1070. The number of ether oxygens (including phenoxy) is 1. The minimum atomic E-state index is -0.0154. The predicted molar refractivity (Wildman–Crippen MR) is 121 cm³/mol. The van der Waals surface area contributed by atoms with E-state index in [4.69, 9.17) is 14.9 Å². The van der Waals surface area contributed by atoms with Gasteiger partial charge in [0.25, 0.3) is 0 Å². The van der Waals surface area contributed by atoms with Gasteiger partial charge in [0, 0.05) is 30.4 Å². The van der Waals surface area contributed by atoms with E-state index >= 15 is 0 Å². The summed E-state index contributed by atoms with van der Waals surface area (Å²) in [5, 5.41) is 1.08. The first-order valence-corrected chi connectivity index (χ1v) is 10.6. The van der Waals surface area contributed by atoms with E-state index in [-0.39, 0.29) is 6.04 Å². The number of furan rings is 1. The first-order chi connectivity index (χ1) is 14.7. The number of pyridine rings is 1. The Balaban J connectivity index is 1.38. The standard InChI is InChI=1S/C26H28N2O2/c1-19-23(15-14-20-8-3-2-4-9-20)30-25-13-5-12-24(26(19)25)29-17-7-11-22(27)21-10-6-16-28-18-21/h2-6,8-10,12-13,16,18,22H,7,11,14-15,17,27H2,1H3. The predicted octanol–water partition coefficient (Wildman–Crippen LogP) is 5.78. The third kappa shape index (κ3) is 4.71. The van der Waals surface area contributed by atoms with Crippen molar-refractivity contribution in [1.29, 1.82) is 0 Å². The number of nitrogens with zero attached hydrogens (tertiary/aromatic N) is 1. The molecule has 1 unspecified atom stereocenters. The van der Waals surface area contributed by atoms with Crippen molar-refractivity contribution in [1.82, 2.24) is 4.98 Å². The van der Waals surface area contributed by atoms with Crippen LogP contribution in [-0.2, 0) is 12.8 Å². The smallest absolute Gasteiger partial charge is 0.138 e. The summed E-state index contributed by atoms with van der Waals surface area (Å²) in [6.45, 7) is 2.74. The lowest BCUT2D eigenvalue weighted by Crippen LogP contribution is -2.12. The maximum Gasteiger partial charge on any atom is 0.138 e. The molecular weight excluding hydrogens is 372 g/mol. The van der Waals surface area contributed by atoms with Crippen molar-refractivity contribution in [2.45, 2.75) is 38.6 Å². The van der Waals surface area contributed by atoms with Gasteiger partial charge in [0.1, 0.15) is 17.1 Å². The van der Waals surface area contributed by atoms with Crippen molar-refractivity contribution >= 4 is 11.0 Å². The highest BCUT2D eigenvalue weighted by molar-refractivity contribution is 5.88. The molecular formula is C26H28N2O2. The second-order valence-electron chi connectivity index (χ2n) is 7.65. The van der Waals surface area contributed by atoms with Gasteiger partial charge < -0.3 is 14.9 Å². The summed E-state index contributed by atoms with van der Waals surface area (Å²) in [5.41, 5.74) is 10.7. The molecule has 30 heavy (non-hydrogen) atoms. The van der Waals surface area contributed by atoms with E-state index in [1.54, 1.807) is 6.20 Å². The lowest BCUT2D eigenvalue weighted by Gasteiger charge is -2.12. The van der Waals surface area contributed by atoms with Crippen molar-refractivity contribution in [3.8, 4) is 5.75 Å². The van der Waals surface area contributed by atoms with Gasteiger partial charge in [-0.05, 0) is 55.5 Å². The lowest BCUT2D eigenvalue weighted by atomic mass is 10.0. The minimum Gasteiger partial charge on any atom is -0.493 e. The van der Waals surface area contributed by atoms with Crippen LogP contribution in [0.25, 0.3) is 11.0 Å². The Kier molecular flexibility index (Phi) is 6.45. The summed E-state index contributed by atoms with van der Waals surface area (Å²) < 4.78 is 12.3. The molecule has 0 radical (unpaired) electrons. The van der Waals surface area contributed by atoms with Gasteiger partial charge in [0.15, 0.2) is 0 Å². The Morgan fingerprint density at radius 2 is 1.87 bits per heavy atom. The maximum absolute atomic E-state index is 6.26. The first kappa shape index (κ1) is 20.2. The van der Waals surface area contributed by atoms with Crippen LogP contribution in [0.5, 0.6) is 5.75 Å². The molecule has 154 valence electrons. The summed E-state index contributed by atoms with van der Waals surface area (Å²) >= 11 is 0. The molecule has 4 nitrogen and oxygen atoms in total. The van der Waals surface area contributed by atoms with Crippen LogP contribution >= 0.6 is 0 Å². The highest BCUT2D eigenvalue weighted by Crippen LogP contribution is 2.34. The fourth-order valence-electron chi connectivity index (χ4n) is 3.82. The molecule has 0 bridgehead atoms. The summed E-state index contributed by atoms with van der Waals surface area (Å²) in [4.78, 5) is 4.14. The van der Waals surface area contributed by atoms with Crippen LogP contribution in [0.3, 0.4) is 0 Å². The highest BCUT2D eigenvalue weighted by atomic mass is 16.5. The van der Waals surface area contributed by atoms with Gasteiger partial charge in [-0.2, -0.15) is 0 Å². The molecule has 0 spiro atoms. The van der Waals surface area contributed by atoms with E-state index in [1.807, 2.05) is 42.6 Å². The Labute approximate surface area is 177 Å². The van der Waals surface area contributed by atoms with Crippen LogP contribution < -0.4 is 10.5 Å².